The third-order valence-corrected chi connectivity index (χ3v) is 2.86. The minimum atomic E-state index is -3.17. The van der Waals surface area contributed by atoms with Gasteiger partial charge in [0.15, 0.2) is 14.9 Å². The van der Waals surface area contributed by atoms with Gasteiger partial charge in [0.05, 0.1) is 11.9 Å². The van der Waals surface area contributed by atoms with Crippen molar-refractivity contribution < 1.29 is 8.42 Å². The number of nitrogens with zero attached hydrogens (tertiary/aromatic N) is 3. The fraction of sp³-hybridized carbons (Fsp3) is 0.600. The van der Waals surface area contributed by atoms with Crippen molar-refractivity contribution >= 4 is 9.84 Å². The lowest BCUT2D eigenvalue weighted by Crippen LogP contribution is -2.03. The Labute approximate surface area is 64.9 Å². The predicted molar refractivity (Wildman–Crippen MR) is 38.7 cm³/mol. The van der Waals surface area contributed by atoms with Gasteiger partial charge in [0.1, 0.15) is 0 Å². The van der Waals surface area contributed by atoms with E-state index in [2.05, 4.69) is 10.3 Å². The molecule has 0 bridgehead atoms. The van der Waals surface area contributed by atoms with Crippen LogP contribution in [0.1, 0.15) is 6.92 Å². The van der Waals surface area contributed by atoms with Crippen LogP contribution in [0.15, 0.2) is 11.2 Å². The topological polar surface area (TPSA) is 64.8 Å². The van der Waals surface area contributed by atoms with Crippen molar-refractivity contribution in [3.63, 3.8) is 0 Å². The maximum absolute atomic E-state index is 11.1. The first kappa shape index (κ1) is 8.19. The van der Waals surface area contributed by atoms with Crippen molar-refractivity contribution in [2.24, 2.45) is 7.05 Å². The predicted octanol–water partition coefficient (Wildman–Crippen LogP) is -0.391. The van der Waals surface area contributed by atoms with Crippen LogP contribution in [-0.4, -0.2) is 29.2 Å². The molecular formula is C5H9N3O2S. The maximum Gasteiger partial charge on any atom is 0.198 e. The molecular weight excluding hydrogens is 166 g/mol. The molecule has 0 aliphatic rings. The van der Waals surface area contributed by atoms with E-state index in [1.807, 2.05) is 0 Å². The molecule has 0 saturated carbocycles. The number of hydrogen-bond donors (Lipinski definition) is 0. The minimum absolute atomic E-state index is 0.0440. The first-order valence-corrected chi connectivity index (χ1v) is 4.80. The third-order valence-electron chi connectivity index (χ3n) is 1.28. The molecule has 0 fully saturated rings. The highest BCUT2D eigenvalue weighted by atomic mass is 32.2. The van der Waals surface area contributed by atoms with Crippen LogP contribution in [0, 0.1) is 0 Å². The quantitative estimate of drug-likeness (QED) is 0.614. The van der Waals surface area contributed by atoms with Crippen LogP contribution < -0.4 is 0 Å². The second kappa shape index (κ2) is 2.61. The van der Waals surface area contributed by atoms with Gasteiger partial charge in [-0.25, -0.2) is 8.42 Å². The molecule has 0 N–H and O–H groups in total. The van der Waals surface area contributed by atoms with Crippen molar-refractivity contribution in [1.82, 2.24) is 15.0 Å². The number of sulfone groups is 1. The summed E-state index contributed by atoms with van der Waals surface area (Å²) >= 11 is 0. The molecule has 0 radical (unpaired) electrons. The maximum atomic E-state index is 11.1. The highest BCUT2D eigenvalue weighted by Gasteiger charge is 2.14. The highest BCUT2D eigenvalue weighted by Crippen LogP contribution is 2.03. The molecule has 0 atom stereocenters. The van der Waals surface area contributed by atoms with Gasteiger partial charge in [-0.15, -0.1) is 5.10 Å². The third kappa shape index (κ3) is 1.56. The summed E-state index contributed by atoms with van der Waals surface area (Å²) in [5, 5.41) is 7.05. The second-order valence-corrected chi connectivity index (χ2v) is 4.36. The van der Waals surface area contributed by atoms with Crippen molar-refractivity contribution in [3.05, 3.63) is 6.20 Å². The molecule has 1 heterocycles. The van der Waals surface area contributed by atoms with Crippen molar-refractivity contribution in [3.8, 4) is 0 Å². The lowest BCUT2D eigenvalue weighted by molar-refractivity contribution is 0.593. The summed E-state index contributed by atoms with van der Waals surface area (Å²) in [7, 11) is -1.55. The Hall–Kier alpha value is -0.910. The zero-order valence-corrected chi connectivity index (χ0v) is 7.17. The van der Waals surface area contributed by atoms with Gasteiger partial charge in [-0.2, -0.15) is 0 Å². The molecule has 6 heteroatoms. The van der Waals surface area contributed by atoms with Crippen LogP contribution in [0.25, 0.3) is 0 Å². The average Bonchev–Trinajstić information content (AvgIpc) is 2.36. The molecule has 0 unspecified atom stereocenters. The molecule has 1 aromatic rings. The van der Waals surface area contributed by atoms with E-state index >= 15 is 0 Å². The molecule has 62 valence electrons. The summed E-state index contributed by atoms with van der Waals surface area (Å²) in [6, 6.07) is 0. The van der Waals surface area contributed by atoms with Crippen LogP contribution in [0.4, 0.5) is 0 Å². The minimum Gasteiger partial charge on any atom is -0.254 e. The summed E-state index contributed by atoms with van der Waals surface area (Å²) in [6.45, 7) is 1.57. The first-order valence-electron chi connectivity index (χ1n) is 3.15. The lowest BCUT2D eigenvalue weighted by atomic mass is 10.9. The lowest BCUT2D eigenvalue weighted by Gasteiger charge is -1.90. The Kier molecular flexibility index (Phi) is 1.95. The molecule has 0 aromatic carbocycles. The van der Waals surface area contributed by atoms with E-state index < -0.39 is 9.84 Å². The zero-order valence-electron chi connectivity index (χ0n) is 6.35. The normalized spacial score (nSPS) is 11.8. The fourth-order valence-electron chi connectivity index (χ4n) is 0.616. The molecule has 0 spiro atoms. The SMILES string of the molecule is CCS(=O)(=O)c1cn(C)nn1. The largest absolute Gasteiger partial charge is 0.254 e. The Balaban J connectivity index is 3.13. The smallest absolute Gasteiger partial charge is 0.198 e. The molecule has 0 saturated heterocycles. The van der Waals surface area contributed by atoms with Gasteiger partial charge in [-0.1, -0.05) is 12.1 Å². The Morgan fingerprint density at radius 1 is 1.64 bits per heavy atom. The first-order chi connectivity index (χ1) is 5.06. The van der Waals surface area contributed by atoms with Gasteiger partial charge in [0.2, 0.25) is 0 Å². The van der Waals surface area contributed by atoms with E-state index in [0.29, 0.717) is 0 Å². The number of rotatable bonds is 2. The summed E-state index contributed by atoms with van der Waals surface area (Å²) in [5.41, 5.74) is 0. The standard InChI is InChI=1S/C5H9N3O2S/c1-3-11(9,10)5-4-8(2)7-6-5/h4H,3H2,1-2H3. The summed E-state index contributed by atoms with van der Waals surface area (Å²) in [5.74, 6) is 0.0612. The molecule has 0 aliphatic carbocycles. The summed E-state index contributed by atoms with van der Waals surface area (Å²) in [6.07, 6.45) is 1.39. The van der Waals surface area contributed by atoms with Gasteiger partial charge in [-0.3, -0.25) is 4.68 Å². The monoisotopic (exact) mass is 175 g/mol. The molecule has 1 rings (SSSR count). The van der Waals surface area contributed by atoms with Crippen molar-refractivity contribution in [2.45, 2.75) is 11.9 Å². The van der Waals surface area contributed by atoms with E-state index in [1.165, 1.54) is 10.9 Å². The number of aryl methyl sites for hydroxylation is 1. The second-order valence-electron chi connectivity index (χ2n) is 2.13. The van der Waals surface area contributed by atoms with Crippen LogP contribution >= 0.6 is 0 Å². The van der Waals surface area contributed by atoms with E-state index in [1.54, 1.807) is 14.0 Å². The molecule has 1 aromatic heterocycles. The van der Waals surface area contributed by atoms with Gasteiger partial charge in [0, 0.05) is 7.05 Å². The van der Waals surface area contributed by atoms with Crippen LogP contribution in [0.3, 0.4) is 0 Å². The average molecular weight is 175 g/mol. The van der Waals surface area contributed by atoms with Gasteiger partial charge >= 0.3 is 0 Å². The van der Waals surface area contributed by atoms with E-state index in [-0.39, 0.29) is 10.8 Å². The highest BCUT2D eigenvalue weighted by molar-refractivity contribution is 7.91. The molecule has 11 heavy (non-hydrogen) atoms. The van der Waals surface area contributed by atoms with Gasteiger partial charge < -0.3 is 0 Å². The molecule has 5 nitrogen and oxygen atoms in total. The van der Waals surface area contributed by atoms with E-state index in [9.17, 15) is 8.42 Å². The Morgan fingerprint density at radius 3 is 2.64 bits per heavy atom. The van der Waals surface area contributed by atoms with Crippen molar-refractivity contribution in [2.75, 3.05) is 5.75 Å². The molecule has 0 amide bonds. The number of hydrogen-bond acceptors (Lipinski definition) is 4. The zero-order chi connectivity index (χ0) is 8.48. The van der Waals surface area contributed by atoms with Crippen LogP contribution in [0.5, 0.6) is 0 Å². The van der Waals surface area contributed by atoms with Gasteiger partial charge in [-0.05, 0) is 0 Å². The van der Waals surface area contributed by atoms with E-state index in [0.717, 1.165) is 0 Å². The van der Waals surface area contributed by atoms with Crippen LogP contribution in [-0.2, 0) is 16.9 Å². The Bertz CT molecular complexity index is 340. The summed E-state index contributed by atoms with van der Waals surface area (Å²) in [4.78, 5) is 0. The van der Waals surface area contributed by atoms with Gasteiger partial charge in [0.25, 0.3) is 0 Å². The molecule has 0 aliphatic heterocycles. The number of aromatic nitrogens is 3. The Morgan fingerprint density at radius 2 is 2.27 bits per heavy atom. The van der Waals surface area contributed by atoms with Crippen LogP contribution in [0.2, 0.25) is 0 Å². The van der Waals surface area contributed by atoms with Crippen molar-refractivity contribution in [1.29, 1.82) is 0 Å². The van der Waals surface area contributed by atoms with E-state index in [4.69, 9.17) is 0 Å². The summed E-state index contributed by atoms with van der Waals surface area (Å²) < 4.78 is 23.6. The fourth-order valence-corrected chi connectivity index (χ4v) is 1.39.